The summed E-state index contributed by atoms with van der Waals surface area (Å²) in [6.45, 7) is -0.0910. The summed E-state index contributed by atoms with van der Waals surface area (Å²) >= 11 is 0. The van der Waals surface area contributed by atoms with Crippen LogP contribution in [0.3, 0.4) is 0 Å². The minimum Gasteiger partial charge on any atom is -0.455 e. The highest BCUT2D eigenvalue weighted by atomic mass is 19.4. The molecular formula is C16H14F3N3O4. The third kappa shape index (κ3) is 4.19. The summed E-state index contributed by atoms with van der Waals surface area (Å²) in [5.41, 5.74) is -0.691. The average molecular weight is 369 g/mol. The summed E-state index contributed by atoms with van der Waals surface area (Å²) in [5, 5.41) is 6.18. The van der Waals surface area contributed by atoms with Crippen molar-refractivity contribution in [3.63, 3.8) is 0 Å². The number of carbonyl (C=O) groups is 2. The Balaban J connectivity index is 1.62. The summed E-state index contributed by atoms with van der Waals surface area (Å²) < 4.78 is 48.2. The van der Waals surface area contributed by atoms with Crippen molar-refractivity contribution in [2.75, 3.05) is 6.54 Å². The van der Waals surface area contributed by atoms with Gasteiger partial charge in [-0.05, 0) is 18.6 Å². The van der Waals surface area contributed by atoms with Crippen molar-refractivity contribution in [1.82, 2.24) is 15.5 Å². The molecule has 2 heterocycles. The van der Waals surface area contributed by atoms with Gasteiger partial charge in [-0.1, -0.05) is 17.3 Å². The molecule has 1 aliphatic heterocycles. The lowest BCUT2D eigenvalue weighted by atomic mass is 10.00. The molecule has 1 fully saturated rings. The Morgan fingerprint density at radius 3 is 2.88 bits per heavy atom. The van der Waals surface area contributed by atoms with Gasteiger partial charge in [0.2, 0.25) is 11.7 Å². The number of piperidine rings is 1. The second-order valence-electron chi connectivity index (χ2n) is 5.74. The van der Waals surface area contributed by atoms with Crippen molar-refractivity contribution >= 4 is 11.9 Å². The molecule has 0 unspecified atom stereocenters. The molecule has 1 aromatic heterocycles. The van der Waals surface area contributed by atoms with E-state index in [2.05, 4.69) is 15.5 Å². The number of esters is 1. The summed E-state index contributed by atoms with van der Waals surface area (Å²) in [6, 6.07) is 4.51. The molecule has 1 aromatic carbocycles. The van der Waals surface area contributed by atoms with Crippen LogP contribution in [0.1, 0.15) is 24.3 Å². The normalized spacial score (nSPS) is 17.7. The Kier molecular flexibility index (Phi) is 4.92. The molecule has 10 heteroatoms. The number of benzene rings is 1. The number of carbonyl (C=O) groups excluding carboxylic acids is 2. The van der Waals surface area contributed by atoms with Gasteiger partial charge < -0.3 is 14.6 Å². The monoisotopic (exact) mass is 369 g/mol. The van der Waals surface area contributed by atoms with Crippen molar-refractivity contribution < 1.29 is 32.0 Å². The van der Waals surface area contributed by atoms with E-state index in [4.69, 9.17) is 9.26 Å². The van der Waals surface area contributed by atoms with Crippen molar-refractivity contribution in [2.24, 2.45) is 5.92 Å². The summed E-state index contributed by atoms with van der Waals surface area (Å²) in [6.07, 6.45) is -3.84. The van der Waals surface area contributed by atoms with Gasteiger partial charge in [-0.15, -0.1) is 0 Å². The smallest absolute Gasteiger partial charge is 0.416 e. The number of alkyl halides is 3. The lowest BCUT2D eigenvalue weighted by Gasteiger charge is -2.20. The van der Waals surface area contributed by atoms with Crippen LogP contribution in [-0.4, -0.2) is 28.6 Å². The molecule has 0 bridgehead atoms. The molecule has 1 amide bonds. The van der Waals surface area contributed by atoms with Crippen molar-refractivity contribution in [3.05, 3.63) is 35.7 Å². The highest BCUT2D eigenvalue weighted by molar-refractivity contribution is 5.80. The van der Waals surface area contributed by atoms with Crippen LogP contribution >= 0.6 is 0 Å². The fourth-order valence-electron chi connectivity index (χ4n) is 2.45. The lowest BCUT2D eigenvalue weighted by Crippen LogP contribution is -2.39. The fourth-order valence-corrected chi connectivity index (χ4v) is 2.45. The first-order valence-corrected chi connectivity index (χ1v) is 7.76. The number of nitrogens with one attached hydrogen (secondary N) is 1. The van der Waals surface area contributed by atoms with E-state index in [0.29, 0.717) is 6.42 Å². The molecule has 1 atom stereocenters. The molecule has 3 rings (SSSR count). The van der Waals surface area contributed by atoms with Gasteiger partial charge in [0.05, 0.1) is 11.5 Å². The molecule has 7 nitrogen and oxygen atoms in total. The summed E-state index contributed by atoms with van der Waals surface area (Å²) in [7, 11) is 0. The van der Waals surface area contributed by atoms with Crippen LogP contribution < -0.4 is 5.32 Å². The molecule has 1 N–H and O–H groups in total. The molecule has 138 valence electrons. The number of halogens is 3. The number of hydrogen-bond acceptors (Lipinski definition) is 6. The number of hydrogen-bond donors (Lipinski definition) is 1. The first-order valence-electron chi connectivity index (χ1n) is 7.76. The Labute approximate surface area is 145 Å². The lowest BCUT2D eigenvalue weighted by molar-refractivity contribution is -0.151. The van der Waals surface area contributed by atoms with E-state index in [1.165, 1.54) is 12.1 Å². The molecule has 2 aromatic rings. The standard InChI is InChI=1S/C16H14F3N3O4/c17-16(18,19)11-3-1-2-9(6-11)14-21-13(26-22-14)8-25-15(24)10-4-5-12(23)20-7-10/h1-3,6,10H,4-5,7-8H2,(H,20,23)/t10-/m1/s1. The van der Waals surface area contributed by atoms with Gasteiger partial charge >= 0.3 is 12.1 Å². The van der Waals surface area contributed by atoms with Crippen LogP contribution in [0.4, 0.5) is 13.2 Å². The van der Waals surface area contributed by atoms with Gasteiger partial charge in [0.25, 0.3) is 5.89 Å². The molecule has 0 spiro atoms. The van der Waals surface area contributed by atoms with E-state index in [0.717, 1.165) is 12.1 Å². The zero-order chi connectivity index (χ0) is 18.7. The highest BCUT2D eigenvalue weighted by Gasteiger charge is 2.31. The largest absolute Gasteiger partial charge is 0.455 e. The second-order valence-corrected chi connectivity index (χ2v) is 5.74. The van der Waals surface area contributed by atoms with Gasteiger partial charge in [0, 0.05) is 18.5 Å². The number of nitrogens with zero attached hydrogens (tertiary/aromatic N) is 2. The number of amides is 1. The van der Waals surface area contributed by atoms with E-state index >= 15 is 0 Å². The van der Waals surface area contributed by atoms with E-state index < -0.39 is 23.6 Å². The van der Waals surface area contributed by atoms with E-state index in [-0.39, 0.29) is 42.8 Å². The van der Waals surface area contributed by atoms with E-state index in [1.54, 1.807) is 0 Å². The van der Waals surface area contributed by atoms with E-state index in [1.807, 2.05) is 0 Å². The first-order chi connectivity index (χ1) is 12.3. The topological polar surface area (TPSA) is 94.3 Å². The van der Waals surface area contributed by atoms with Crippen LogP contribution in [0, 0.1) is 5.92 Å². The Bertz CT molecular complexity index is 809. The molecule has 26 heavy (non-hydrogen) atoms. The van der Waals surface area contributed by atoms with Crippen LogP contribution in [0.2, 0.25) is 0 Å². The third-order valence-electron chi connectivity index (χ3n) is 3.85. The predicted octanol–water partition coefficient (Wildman–Crippen LogP) is 2.32. The van der Waals surface area contributed by atoms with Crippen molar-refractivity contribution in [2.45, 2.75) is 25.6 Å². The zero-order valence-corrected chi connectivity index (χ0v) is 13.4. The maximum Gasteiger partial charge on any atom is 0.416 e. The quantitative estimate of drug-likeness (QED) is 0.832. The number of aromatic nitrogens is 2. The number of rotatable bonds is 4. The molecule has 1 saturated heterocycles. The highest BCUT2D eigenvalue weighted by Crippen LogP contribution is 2.31. The third-order valence-corrected chi connectivity index (χ3v) is 3.85. The van der Waals surface area contributed by atoms with Gasteiger partial charge in [0.15, 0.2) is 6.61 Å². The summed E-state index contributed by atoms with van der Waals surface area (Å²) in [5.74, 6) is -1.14. The first kappa shape index (κ1) is 17.9. The molecule has 1 aliphatic rings. The molecule has 0 radical (unpaired) electrons. The Morgan fingerprint density at radius 1 is 1.38 bits per heavy atom. The van der Waals surface area contributed by atoms with Gasteiger partial charge in [-0.25, -0.2) is 0 Å². The predicted molar refractivity (Wildman–Crippen MR) is 80.3 cm³/mol. The van der Waals surface area contributed by atoms with E-state index in [9.17, 15) is 22.8 Å². The Hall–Kier alpha value is -2.91. The van der Waals surface area contributed by atoms with Gasteiger partial charge in [-0.2, -0.15) is 18.2 Å². The summed E-state index contributed by atoms with van der Waals surface area (Å²) in [4.78, 5) is 26.9. The Morgan fingerprint density at radius 2 is 2.19 bits per heavy atom. The fraction of sp³-hybridized carbons (Fsp3) is 0.375. The maximum absolute atomic E-state index is 12.8. The molecule has 0 aliphatic carbocycles. The van der Waals surface area contributed by atoms with Crippen LogP contribution in [0.25, 0.3) is 11.4 Å². The van der Waals surface area contributed by atoms with Crippen LogP contribution in [0.5, 0.6) is 0 Å². The van der Waals surface area contributed by atoms with Gasteiger partial charge in [-0.3, -0.25) is 9.59 Å². The zero-order valence-electron chi connectivity index (χ0n) is 13.4. The van der Waals surface area contributed by atoms with Crippen LogP contribution in [0.15, 0.2) is 28.8 Å². The average Bonchev–Trinajstić information content (AvgIpc) is 3.09. The van der Waals surface area contributed by atoms with Crippen molar-refractivity contribution in [1.29, 1.82) is 0 Å². The van der Waals surface area contributed by atoms with Gasteiger partial charge in [0.1, 0.15) is 0 Å². The van der Waals surface area contributed by atoms with Crippen molar-refractivity contribution in [3.8, 4) is 11.4 Å². The minimum atomic E-state index is -4.48. The second kappa shape index (κ2) is 7.14. The maximum atomic E-state index is 12.8. The molecular weight excluding hydrogens is 355 g/mol. The minimum absolute atomic E-state index is 0.0351. The number of ether oxygens (including phenoxy) is 1. The SMILES string of the molecule is O=C1CC[C@@H](C(=O)OCc2nc(-c3cccc(C(F)(F)F)c3)no2)CN1. The molecule has 0 saturated carbocycles. The van der Waals surface area contributed by atoms with Crippen LogP contribution in [-0.2, 0) is 27.1 Å².